The molecule has 0 amide bonds. The fraction of sp³-hybridized carbons (Fsp3) is 0.737. The molecule has 148 valence electrons. The zero-order valence-corrected chi connectivity index (χ0v) is 18.8. The summed E-state index contributed by atoms with van der Waals surface area (Å²) < 4.78 is 6.78. The fourth-order valence-electron chi connectivity index (χ4n) is 3.72. The van der Waals surface area contributed by atoms with Crippen molar-refractivity contribution in [1.29, 1.82) is 0 Å². The highest BCUT2D eigenvalue weighted by Gasteiger charge is 2.34. The second-order valence-corrected chi connectivity index (χ2v) is 12.7. The van der Waals surface area contributed by atoms with Crippen molar-refractivity contribution in [3.05, 3.63) is 28.0 Å². The summed E-state index contributed by atoms with van der Waals surface area (Å²) in [5, 5.41) is 8.36. The monoisotopic (exact) mass is 417 g/mol. The lowest BCUT2D eigenvalue weighted by Crippen LogP contribution is -2.44. The minimum absolute atomic E-state index is 0.131. The van der Waals surface area contributed by atoms with Crippen LogP contribution in [0.5, 0.6) is 0 Å². The fourth-order valence-corrected chi connectivity index (χ4v) is 7.13. The Kier molecular flexibility index (Phi) is 9.34. The van der Waals surface area contributed by atoms with Gasteiger partial charge in [0.2, 0.25) is 0 Å². The molecule has 1 aliphatic heterocycles. The van der Waals surface area contributed by atoms with E-state index in [1.165, 1.54) is 19.3 Å². The van der Waals surface area contributed by atoms with Gasteiger partial charge in [-0.2, -0.15) is 0 Å². The zero-order chi connectivity index (χ0) is 19.0. The van der Waals surface area contributed by atoms with Gasteiger partial charge in [0.15, 0.2) is 8.32 Å². The Morgan fingerprint density at radius 2 is 1.85 bits per heavy atom. The first-order valence-electron chi connectivity index (χ1n) is 9.96. The Morgan fingerprint density at radius 3 is 2.38 bits per heavy atom. The molecule has 1 aromatic heterocycles. The lowest BCUT2D eigenvalue weighted by atomic mass is 10.0. The highest BCUT2D eigenvalue weighted by Crippen LogP contribution is 2.36. The van der Waals surface area contributed by atoms with Crippen LogP contribution in [0.15, 0.2) is 12.4 Å². The summed E-state index contributed by atoms with van der Waals surface area (Å²) in [6.07, 6.45) is 7.01. The van der Waals surface area contributed by atoms with E-state index in [0.29, 0.717) is 16.1 Å². The Labute approximate surface area is 169 Å². The Balaban J connectivity index is 2.12. The van der Waals surface area contributed by atoms with Crippen molar-refractivity contribution < 1.29 is 4.43 Å². The second kappa shape index (κ2) is 11.0. The maximum Gasteiger partial charge on any atom is 0.192 e. The molecular weight excluding hydrogens is 385 g/mol. The van der Waals surface area contributed by atoms with E-state index in [2.05, 4.69) is 36.4 Å². The van der Waals surface area contributed by atoms with Crippen molar-refractivity contribution in [3.63, 3.8) is 0 Å². The maximum atomic E-state index is 6.78. The number of pyridine rings is 1. The van der Waals surface area contributed by atoms with Crippen LogP contribution in [0.4, 0.5) is 0 Å². The van der Waals surface area contributed by atoms with Crippen molar-refractivity contribution in [1.82, 2.24) is 15.6 Å². The van der Waals surface area contributed by atoms with Crippen molar-refractivity contribution in [2.24, 2.45) is 0 Å². The number of nitrogens with zero attached hydrogens (tertiary/aromatic N) is 1. The molecule has 2 unspecified atom stereocenters. The molecule has 26 heavy (non-hydrogen) atoms. The Bertz CT molecular complexity index is 523. The maximum absolute atomic E-state index is 6.78. The van der Waals surface area contributed by atoms with Gasteiger partial charge in [0.05, 0.1) is 16.1 Å². The van der Waals surface area contributed by atoms with Gasteiger partial charge < -0.3 is 15.1 Å². The van der Waals surface area contributed by atoms with Gasteiger partial charge in [-0.3, -0.25) is 4.98 Å². The first kappa shape index (κ1) is 22.1. The van der Waals surface area contributed by atoms with Gasteiger partial charge in [0.25, 0.3) is 0 Å². The predicted octanol–water partition coefficient (Wildman–Crippen LogP) is 5.18. The molecule has 4 nitrogen and oxygen atoms in total. The molecule has 0 bridgehead atoms. The topological polar surface area (TPSA) is 46.2 Å². The average Bonchev–Trinajstić information content (AvgIpc) is 2.66. The molecule has 2 rings (SSSR count). The van der Waals surface area contributed by atoms with E-state index in [-0.39, 0.29) is 6.10 Å². The van der Waals surface area contributed by atoms with Crippen LogP contribution >= 0.6 is 23.2 Å². The van der Waals surface area contributed by atoms with Crippen LogP contribution in [-0.4, -0.2) is 39.0 Å². The summed E-state index contributed by atoms with van der Waals surface area (Å²) in [5.41, 5.74) is 0.875. The number of hydrogen-bond acceptors (Lipinski definition) is 4. The highest BCUT2D eigenvalue weighted by atomic mass is 35.5. The van der Waals surface area contributed by atoms with Gasteiger partial charge in [-0.05, 0) is 37.5 Å². The van der Waals surface area contributed by atoms with Gasteiger partial charge in [0, 0.05) is 37.1 Å². The molecular formula is C19H33Cl2N3OSi. The second-order valence-electron chi connectivity index (χ2n) is 7.17. The predicted molar refractivity (Wildman–Crippen MR) is 114 cm³/mol. The molecule has 0 spiro atoms. The average molecular weight is 418 g/mol. The lowest BCUT2D eigenvalue weighted by molar-refractivity contribution is 0.184. The number of rotatable bonds is 10. The number of nitrogens with one attached hydrogen (secondary N) is 2. The molecule has 1 aliphatic rings. The van der Waals surface area contributed by atoms with E-state index in [4.69, 9.17) is 27.6 Å². The standard InChI is InChI=1S/C19H33Cl2N3OSi/c1-4-26(5-2,6-3)25-18(19-16(20)12-23-13-17(19)21)14-22-11-15-9-7-8-10-24-15/h12-13,15,18,22,24H,4-11,14H2,1-3H3. The molecule has 0 radical (unpaired) electrons. The first-order valence-corrected chi connectivity index (χ1v) is 13.2. The van der Waals surface area contributed by atoms with Gasteiger partial charge in [0.1, 0.15) is 0 Å². The lowest BCUT2D eigenvalue weighted by Gasteiger charge is -2.34. The molecule has 2 N–H and O–H groups in total. The van der Waals surface area contributed by atoms with Crippen LogP contribution in [0.1, 0.15) is 51.7 Å². The normalized spacial score (nSPS) is 19.5. The van der Waals surface area contributed by atoms with Crippen LogP contribution in [0.2, 0.25) is 28.2 Å². The largest absolute Gasteiger partial charge is 0.409 e. The number of aromatic nitrogens is 1. The van der Waals surface area contributed by atoms with Crippen molar-refractivity contribution in [3.8, 4) is 0 Å². The van der Waals surface area contributed by atoms with Crippen molar-refractivity contribution in [2.75, 3.05) is 19.6 Å². The van der Waals surface area contributed by atoms with E-state index in [0.717, 1.165) is 43.3 Å². The van der Waals surface area contributed by atoms with Crippen LogP contribution in [0, 0.1) is 0 Å². The third-order valence-corrected chi connectivity index (χ3v) is 10.9. The molecule has 1 aromatic rings. The molecule has 7 heteroatoms. The van der Waals surface area contributed by atoms with Crippen LogP contribution in [0.25, 0.3) is 0 Å². The summed E-state index contributed by atoms with van der Waals surface area (Å²) in [6.45, 7) is 9.50. The smallest absolute Gasteiger partial charge is 0.192 e. The molecule has 1 fully saturated rings. The molecule has 0 aromatic carbocycles. The van der Waals surface area contributed by atoms with E-state index in [1.54, 1.807) is 12.4 Å². The third-order valence-electron chi connectivity index (χ3n) is 5.67. The number of halogens is 2. The highest BCUT2D eigenvalue weighted by molar-refractivity contribution is 6.73. The van der Waals surface area contributed by atoms with Gasteiger partial charge >= 0.3 is 0 Å². The number of piperidine rings is 1. The molecule has 0 saturated carbocycles. The van der Waals surface area contributed by atoms with Gasteiger partial charge in [-0.15, -0.1) is 0 Å². The summed E-state index contributed by atoms with van der Waals surface area (Å²) in [4.78, 5) is 4.10. The molecule has 1 saturated heterocycles. The molecule has 2 atom stereocenters. The Morgan fingerprint density at radius 1 is 1.19 bits per heavy atom. The van der Waals surface area contributed by atoms with Crippen LogP contribution < -0.4 is 10.6 Å². The third kappa shape index (κ3) is 5.91. The number of hydrogen-bond donors (Lipinski definition) is 2. The van der Waals surface area contributed by atoms with Crippen molar-refractivity contribution in [2.45, 2.75) is 70.3 Å². The summed E-state index contributed by atoms with van der Waals surface area (Å²) in [5.74, 6) is 0. The Hall–Kier alpha value is -0.173. The van der Waals surface area contributed by atoms with Crippen molar-refractivity contribution >= 4 is 31.5 Å². The quantitative estimate of drug-likeness (QED) is 0.514. The minimum atomic E-state index is -1.79. The molecule has 2 heterocycles. The summed E-state index contributed by atoms with van der Waals surface area (Å²) in [7, 11) is -1.79. The van der Waals surface area contributed by atoms with E-state index in [9.17, 15) is 0 Å². The van der Waals surface area contributed by atoms with Crippen LogP contribution in [0.3, 0.4) is 0 Å². The summed E-state index contributed by atoms with van der Waals surface area (Å²) >= 11 is 12.9. The van der Waals surface area contributed by atoms with E-state index in [1.807, 2.05) is 0 Å². The van der Waals surface area contributed by atoms with Gasteiger partial charge in [-0.1, -0.05) is 50.4 Å². The van der Waals surface area contributed by atoms with E-state index >= 15 is 0 Å². The molecule has 0 aliphatic carbocycles. The van der Waals surface area contributed by atoms with Crippen LogP contribution in [-0.2, 0) is 4.43 Å². The van der Waals surface area contributed by atoms with E-state index < -0.39 is 8.32 Å². The zero-order valence-electron chi connectivity index (χ0n) is 16.3. The summed E-state index contributed by atoms with van der Waals surface area (Å²) in [6, 6.07) is 3.83. The first-order chi connectivity index (χ1) is 12.5. The van der Waals surface area contributed by atoms with Gasteiger partial charge in [-0.25, -0.2) is 0 Å². The minimum Gasteiger partial charge on any atom is -0.409 e. The SMILES string of the molecule is CC[Si](CC)(CC)OC(CNCC1CCCCN1)c1c(Cl)cncc1Cl.